The maximum absolute atomic E-state index is 12.4. The van der Waals surface area contributed by atoms with Gasteiger partial charge in [-0.3, -0.25) is 14.4 Å². The molecule has 0 saturated heterocycles. The fraction of sp³-hybridized carbons (Fsp3) is 0.444. The molecule has 7 nitrogen and oxygen atoms in total. The first-order valence-electron chi connectivity index (χ1n) is 8.05. The smallest absolute Gasteiger partial charge is 0.238 e. The number of carbonyl (C=O) groups excluding carboxylic acids is 1. The van der Waals surface area contributed by atoms with Crippen molar-refractivity contribution in [3.8, 4) is 11.5 Å². The number of aryl methyl sites for hydroxylation is 2. The van der Waals surface area contributed by atoms with Crippen LogP contribution in [0.15, 0.2) is 18.2 Å². The number of methoxy groups -OCH3 is 2. The first-order chi connectivity index (χ1) is 11.8. The number of aromatic nitrogens is 2. The Hall–Kier alpha value is -2.54. The number of anilines is 1. The van der Waals surface area contributed by atoms with Crippen molar-refractivity contribution >= 4 is 11.6 Å². The summed E-state index contributed by atoms with van der Waals surface area (Å²) in [6.45, 7) is 4.93. The predicted octanol–water partition coefficient (Wildman–Crippen LogP) is 2.12. The van der Waals surface area contributed by atoms with Gasteiger partial charge in [0.05, 0.1) is 32.1 Å². The lowest BCUT2D eigenvalue weighted by atomic mass is 10.2. The van der Waals surface area contributed by atoms with Gasteiger partial charge in [0.15, 0.2) is 0 Å². The first kappa shape index (κ1) is 18.8. The van der Waals surface area contributed by atoms with Crippen LogP contribution < -0.4 is 14.8 Å². The highest BCUT2D eigenvalue weighted by molar-refractivity contribution is 5.94. The highest BCUT2D eigenvalue weighted by Crippen LogP contribution is 2.28. The van der Waals surface area contributed by atoms with Gasteiger partial charge in [0.2, 0.25) is 5.91 Å². The molecule has 0 atom stereocenters. The molecule has 0 aliphatic heterocycles. The summed E-state index contributed by atoms with van der Waals surface area (Å²) < 4.78 is 12.3. The fourth-order valence-electron chi connectivity index (χ4n) is 2.72. The summed E-state index contributed by atoms with van der Waals surface area (Å²) in [7, 11) is 6.99. The molecule has 1 amide bonds. The van der Waals surface area contributed by atoms with Crippen LogP contribution in [-0.2, 0) is 18.4 Å². The molecule has 2 aromatic rings. The highest BCUT2D eigenvalue weighted by Gasteiger charge is 2.15. The summed E-state index contributed by atoms with van der Waals surface area (Å²) in [6.07, 6.45) is 0. The van der Waals surface area contributed by atoms with Gasteiger partial charge in [0.1, 0.15) is 11.5 Å². The van der Waals surface area contributed by atoms with E-state index in [1.807, 2.05) is 37.5 Å². The van der Waals surface area contributed by atoms with Gasteiger partial charge >= 0.3 is 0 Å². The van der Waals surface area contributed by atoms with Crippen molar-refractivity contribution in [2.24, 2.45) is 7.05 Å². The van der Waals surface area contributed by atoms with E-state index in [1.54, 1.807) is 32.4 Å². The van der Waals surface area contributed by atoms with E-state index in [2.05, 4.69) is 10.4 Å². The number of carbonyl (C=O) groups is 1. The van der Waals surface area contributed by atoms with Crippen LogP contribution >= 0.6 is 0 Å². The maximum atomic E-state index is 12.4. The Balaban J connectivity index is 2.02. The van der Waals surface area contributed by atoms with Gasteiger partial charge < -0.3 is 14.8 Å². The normalized spacial score (nSPS) is 10.8. The molecule has 0 aliphatic rings. The highest BCUT2D eigenvalue weighted by atomic mass is 16.5. The molecule has 7 heteroatoms. The van der Waals surface area contributed by atoms with Crippen molar-refractivity contribution in [3.63, 3.8) is 0 Å². The van der Waals surface area contributed by atoms with Gasteiger partial charge in [-0.25, -0.2) is 0 Å². The molecule has 0 unspecified atom stereocenters. The molecule has 1 aromatic carbocycles. The second-order valence-corrected chi connectivity index (χ2v) is 6.06. The molecule has 2 rings (SSSR count). The van der Waals surface area contributed by atoms with Crippen LogP contribution in [0.3, 0.4) is 0 Å². The van der Waals surface area contributed by atoms with E-state index in [0.717, 1.165) is 17.0 Å². The van der Waals surface area contributed by atoms with Crippen LogP contribution in [0.25, 0.3) is 0 Å². The minimum absolute atomic E-state index is 0.117. The molecule has 0 radical (unpaired) electrons. The van der Waals surface area contributed by atoms with E-state index < -0.39 is 0 Å². The lowest BCUT2D eigenvalue weighted by Gasteiger charge is -2.17. The molecule has 0 saturated carbocycles. The lowest BCUT2D eigenvalue weighted by Crippen LogP contribution is -2.30. The topological polar surface area (TPSA) is 68.6 Å². The second kappa shape index (κ2) is 8.02. The first-order valence-corrected chi connectivity index (χ1v) is 8.05. The Kier molecular flexibility index (Phi) is 6.03. The number of hydrogen-bond donors (Lipinski definition) is 1. The van der Waals surface area contributed by atoms with E-state index in [-0.39, 0.29) is 12.5 Å². The number of nitrogens with zero attached hydrogens (tertiary/aromatic N) is 3. The third-order valence-corrected chi connectivity index (χ3v) is 4.18. The van der Waals surface area contributed by atoms with Crippen molar-refractivity contribution in [1.29, 1.82) is 0 Å². The maximum Gasteiger partial charge on any atom is 0.238 e. The number of ether oxygens (including phenoxy) is 2. The summed E-state index contributed by atoms with van der Waals surface area (Å²) in [4.78, 5) is 14.3. The number of hydrogen-bond acceptors (Lipinski definition) is 5. The Morgan fingerprint density at radius 1 is 1.28 bits per heavy atom. The lowest BCUT2D eigenvalue weighted by molar-refractivity contribution is -0.117. The SMILES string of the molecule is COc1ccc(OC)c(NC(=O)CN(C)Cc2c(C)nn(C)c2C)c1. The molecule has 1 heterocycles. The van der Waals surface area contributed by atoms with Gasteiger partial charge in [-0.05, 0) is 33.0 Å². The minimum Gasteiger partial charge on any atom is -0.497 e. The second-order valence-electron chi connectivity index (χ2n) is 6.06. The van der Waals surface area contributed by atoms with E-state index in [4.69, 9.17) is 9.47 Å². The summed E-state index contributed by atoms with van der Waals surface area (Å²) in [6, 6.07) is 5.29. The number of benzene rings is 1. The summed E-state index contributed by atoms with van der Waals surface area (Å²) in [5.41, 5.74) is 3.84. The van der Waals surface area contributed by atoms with E-state index in [1.165, 1.54) is 0 Å². The van der Waals surface area contributed by atoms with Crippen molar-refractivity contribution in [2.45, 2.75) is 20.4 Å². The summed E-state index contributed by atoms with van der Waals surface area (Å²) >= 11 is 0. The molecule has 1 N–H and O–H groups in total. The molecule has 1 aromatic heterocycles. The molecule has 0 spiro atoms. The number of nitrogens with one attached hydrogen (secondary N) is 1. The Morgan fingerprint density at radius 2 is 2.00 bits per heavy atom. The van der Waals surface area contributed by atoms with Gasteiger partial charge in [0, 0.05) is 30.9 Å². The Bertz CT molecular complexity index is 755. The number of likely N-dealkylation sites (N-methyl/N-ethyl adjacent to an activating group) is 1. The summed E-state index contributed by atoms with van der Waals surface area (Å²) in [5.74, 6) is 1.13. The molecular formula is C18H26N4O3. The van der Waals surface area contributed by atoms with E-state index in [0.29, 0.717) is 23.7 Å². The van der Waals surface area contributed by atoms with Crippen LogP contribution in [0.5, 0.6) is 11.5 Å². The molecular weight excluding hydrogens is 320 g/mol. The van der Waals surface area contributed by atoms with Crippen LogP contribution in [-0.4, -0.2) is 48.4 Å². The third kappa shape index (κ3) is 4.51. The van der Waals surface area contributed by atoms with Crippen LogP contribution in [0.4, 0.5) is 5.69 Å². The number of amides is 1. The zero-order valence-corrected chi connectivity index (χ0v) is 15.7. The molecule has 136 valence electrons. The third-order valence-electron chi connectivity index (χ3n) is 4.18. The van der Waals surface area contributed by atoms with Crippen molar-refractivity contribution in [3.05, 3.63) is 35.2 Å². The molecule has 0 bridgehead atoms. The van der Waals surface area contributed by atoms with Crippen LogP contribution in [0.2, 0.25) is 0 Å². The fourth-order valence-corrected chi connectivity index (χ4v) is 2.72. The Labute approximate surface area is 148 Å². The average molecular weight is 346 g/mol. The molecule has 0 aliphatic carbocycles. The molecule has 25 heavy (non-hydrogen) atoms. The van der Waals surface area contributed by atoms with Gasteiger partial charge in [0.25, 0.3) is 0 Å². The quantitative estimate of drug-likeness (QED) is 0.832. The zero-order valence-electron chi connectivity index (χ0n) is 15.7. The monoisotopic (exact) mass is 346 g/mol. The van der Waals surface area contributed by atoms with E-state index in [9.17, 15) is 4.79 Å². The minimum atomic E-state index is -0.117. The van der Waals surface area contributed by atoms with Crippen LogP contribution in [0, 0.1) is 13.8 Å². The standard InChI is InChI=1S/C18H26N4O3/c1-12-15(13(2)22(4)20-12)10-21(3)11-18(23)19-16-9-14(24-5)7-8-17(16)25-6/h7-9H,10-11H2,1-6H3,(H,19,23). The van der Waals surface area contributed by atoms with Crippen molar-refractivity contribution in [1.82, 2.24) is 14.7 Å². The van der Waals surface area contributed by atoms with Gasteiger partial charge in [-0.2, -0.15) is 5.10 Å². The zero-order chi connectivity index (χ0) is 18.6. The summed E-state index contributed by atoms with van der Waals surface area (Å²) in [5, 5.41) is 7.29. The van der Waals surface area contributed by atoms with E-state index >= 15 is 0 Å². The largest absolute Gasteiger partial charge is 0.497 e. The van der Waals surface area contributed by atoms with Gasteiger partial charge in [-0.1, -0.05) is 0 Å². The van der Waals surface area contributed by atoms with Crippen molar-refractivity contribution in [2.75, 3.05) is 33.1 Å². The van der Waals surface area contributed by atoms with Gasteiger partial charge in [-0.15, -0.1) is 0 Å². The average Bonchev–Trinajstić information content (AvgIpc) is 2.80. The predicted molar refractivity (Wildman–Crippen MR) is 97.2 cm³/mol. The number of rotatable bonds is 7. The Morgan fingerprint density at radius 3 is 2.56 bits per heavy atom. The van der Waals surface area contributed by atoms with Crippen LogP contribution in [0.1, 0.15) is 17.0 Å². The molecule has 0 fully saturated rings. The van der Waals surface area contributed by atoms with Crippen molar-refractivity contribution < 1.29 is 14.3 Å².